The van der Waals surface area contributed by atoms with Crippen molar-refractivity contribution in [3.63, 3.8) is 0 Å². The Morgan fingerprint density at radius 1 is 1.42 bits per heavy atom. The average molecular weight is 303 g/mol. The molecule has 0 aliphatic carbocycles. The molecule has 2 heterocycles. The van der Waals surface area contributed by atoms with Crippen LogP contribution in [0.25, 0.3) is 0 Å². The topological polar surface area (TPSA) is 41.1 Å². The van der Waals surface area contributed by atoms with E-state index in [-0.39, 0.29) is 23.9 Å². The minimum Gasteiger partial charge on any atom is -0.350 e. The van der Waals surface area contributed by atoms with Crippen molar-refractivity contribution in [1.29, 1.82) is 0 Å². The zero-order valence-electron chi connectivity index (χ0n) is 11.6. The minimum atomic E-state index is -0.372. The van der Waals surface area contributed by atoms with Gasteiger partial charge in [0.25, 0.3) is 0 Å². The number of thiophene rings is 1. The van der Waals surface area contributed by atoms with Crippen molar-refractivity contribution in [3.05, 3.63) is 21.9 Å². The minimum absolute atomic E-state index is 0. The van der Waals surface area contributed by atoms with E-state index >= 15 is 0 Å². The summed E-state index contributed by atoms with van der Waals surface area (Å²) in [5.41, 5.74) is -0.372. The molecule has 2 N–H and O–H groups in total. The highest BCUT2D eigenvalue weighted by Gasteiger charge is 2.33. The smallest absolute Gasteiger partial charge is 0.240 e. The Morgan fingerprint density at radius 2 is 2.16 bits per heavy atom. The lowest BCUT2D eigenvalue weighted by atomic mass is 9.90. The molecule has 1 fully saturated rings. The SMILES string of the molecule is CCc1ccc(CNC(=O)C2(C)CCCCN2)s1.Cl. The Bertz CT molecular complexity index is 413. The highest BCUT2D eigenvalue weighted by molar-refractivity contribution is 7.11. The van der Waals surface area contributed by atoms with Gasteiger partial charge < -0.3 is 10.6 Å². The Hall–Kier alpha value is -0.580. The zero-order chi connectivity index (χ0) is 13.0. The summed E-state index contributed by atoms with van der Waals surface area (Å²) < 4.78 is 0. The predicted molar refractivity (Wildman–Crippen MR) is 83.1 cm³/mol. The molecule has 1 aliphatic heterocycles. The summed E-state index contributed by atoms with van der Waals surface area (Å²) in [5, 5.41) is 6.39. The number of amides is 1. The van der Waals surface area contributed by atoms with Crippen LogP contribution in [-0.2, 0) is 17.8 Å². The summed E-state index contributed by atoms with van der Waals surface area (Å²) in [6.07, 6.45) is 4.31. The number of rotatable bonds is 4. The van der Waals surface area contributed by atoms with Crippen LogP contribution in [0.5, 0.6) is 0 Å². The lowest BCUT2D eigenvalue weighted by Gasteiger charge is -2.33. The number of halogens is 1. The zero-order valence-corrected chi connectivity index (χ0v) is 13.3. The van der Waals surface area contributed by atoms with Crippen LogP contribution >= 0.6 is 23.7 Å². The van der Waals surface area contributed by atoms with E-state index in [0.29, 0.717) is 6.54 Å². The molecule has 1 unspecified atom stereocenters. The maximum atomic E-state index is 12.2. The van der Waals surface area contributed by atoms with Crippen LogP contribution in [-0.4, -0.2) is 18.0 Å². The maximum absolute atomic E-state index is 12.2. The third-order valence-electron chi connectivity index (χ3n) is 3.61. The molecule has 0 radical (unpaired) electrons. The van der Waals surface area contributed by atoms with Gasteiger partial charge in [0.1, 0.15) is 0 Å². The molecule has 1 aromatic rings. The van der Waals surface area contributed by atoms with Crippen LogP contribution < -0.4 is 10.6 Å². The maximum Gasteiger partial charge on any atom is 0.240 e. The van der Waals surface area contributed by atoms with E-state index < -0.39 is 0 Å². The molecule has 1 aromatic heterocycles. The molecular weight excluding hydrogens is 280 g/mol. The van der Waals surface area contributed by atoms with Gasteiger partial charge in [-0.1, -0.05) is 6.92 Å². The van der Waals surface area contributed by atoms with E-state index in [9.17, 15) is 4.79 Å². The van der Waals surface area contributed by atoms with Crippen molar-refractivity contribution in [1.82, 2.24) is 10.6 Å². The summed E-state index contributed by atoms with van der Waals surface area (Å²) in [6, 6.07) is 4.26. The number of nitrogens with one attached hydrogen (secondary N) is 2. The van der Waals surface area contributed by atoms with Gasteiger partial charge in [-0.05, 0) is 51.3 Å². The first kappa shape index (κ1) is 16.5. The van der Waals surface area contributed by atoms with E-state index in [1.807, 2.05) is 6.92 Å². The fourth-order valence-electron chi connectivity index (χ4n) is 2.32. The van der Waals surface area contributed by atoms with Crippen molar-refractivity contribution in [2.24, 2.45) is 0 Å². The Balaban J connectivity index is 0.00000180. The van der Waals surface area contributed by atoms with Crippen LogP contribution in [0.2, 0.25) is 0 Å². The van der Waals surface area contributed by atoms with Gasteiger partial charge in [-0.3, -0.25) is 4.79 Å². The van der Waals surface area contributed by atoms with Gasteiger partial charge in [0.2, 0.25) is 5.91 Å². The summed E-state index contributed by atoms with van der Waals surface area (Å²) in [5.74, 6) is 0.133. The summed E-state index contributed by atoms with van der Waals surface area (Å²) in [4.78, 5) is 14.8. The van der Waals surface area contributed by atoms with Gasteiger partial charge in [-0.15, -0.1) is 23.7 Å². The van der Waals surface area contributed by atoms with Gasteiger partial charge in [0, 0.05) is 9.75 Å². The Labute approximate surface area is 125 Å². The van der Waals surface area contributed by atoms with Crippen molar-refractivity contribution >= 4 is 29.7 Å². The van der Waals surface area contributed by atoms with Gasteiger partial charge in [-0.25, -0.2) is 0 Å². The summed E-state index contributed by atoms with van der Waals surface area (Å²) in [6.45, 7) is 5.76. The molecule has 1 atom stereocenters. The first-order chi connectivity index (χ1) is 8.64. The molecule has 0 bridgehead atoms. The van der Waals surface area contributed by atoms with Gasteiger partial charge >= 0.3 is 0 Å². The molecule has 1 aliphatic rings. The second kappa shape index (κ2) is 7.27. The monoisotopic (exact) mass is 302 g/mol. The van der Waals surface area contributed by atoms with E-state index in [1.165, 1.54) is 16.2 Å². The molecule has 19 heavy (non-hydrogen) atoms. The molecule has 1 saturated heterocycles. The van der Waals surface area contributed by atoms with Crippen molar-refractivity contribution in [2.75, 3.05) is 6.54 Å². The first-order valence-electron chi connectivity index (χ1n) is 6.75. The molecule has 108 valence electrons. The Morgan fingerprint density at radius 3 is 2.74 bits per heavy atom. The van der Waals surface area contributed by atoms with Crippen molar-refractivity contribution in [3.8, 4) is 0 Å². The van der Waals surface area contributed by atoms with Crippen LogP contribution in [0.3, 0.4) is 0 Å². The van der Waals surface area contributed by atoms with E-state index in [4.69, 9.17) is 0 Å². The second-order valence-electron chi connectivity index (χ2n) is 5.12. The van der Waals surface area contributed by atoms with Crippen molar-refractivity contribution < 1.29 is 4.79 Å². The Kier molecular flexibility index (Phi) is 6.30. The number of carbonyl (C=O) groups is 1. The lowest BCUT2D eigenvalue weighted by molar-refractivity contribution is -0.128. The average Bonchev–Trinajstić information content (AvgIpc) is 2.84. The number of hydrogen-bond acceptors (Lipinski definition) is 3. The summed E-state index contributed by atoms with van der Waals surface area (Å²) >= 11 is 1.79. The highest BCUT2D eigenvalue weighted by Crippen LogP contribution is 2.20. The van der Waals surface area contributed by atoms with Gasteiger partial charge in [0.15, 0.2) is 0 Å². The fraction of sp³-hybridized carbons (Fsp3) is 0.643. The normalized spacial score (nSPS) is 22.6. The molecule has 3 nitrogen and oxygen atoms in total. The molecular formula is C14H23ClN2OS. The molecule has 0 saturated carbocycles. The van der Waals surface area contributed by atoms with E-state index in [0.717, 1.165) is 25.8 Å². The third kappa shape index (κ3) is 4.20. The molecule has 0 spiro atoms. The number of piperidine rings is 1. The lowest BCUT2D eigenvalue weighted by Crippen LogP contribution is -2.56. The standard InChI is InChI=1S/C14H22N2OS.ClH/c1-3-11-6-7-12(18-11)10-15-13(17)14(2)8-4-5-9-16-14;/h6-7,16H,3-5,8-10H2,1-2H3,(H,15,17);1H. The van der Waals surface area contributed by atoms with Crippen LogP contribution in [0, 0.1) is 0 Å². The number of hydrogen-bond donors (Lipinski definition) is 2. The highest BCUT2D eigenvalue weighted by atomic mass is 35.5. The number of carbonyl (C=O) groups excluding carboxylic acids is 1. The quantitative estimate of drug-likeness (QED) is 0.898. The first-order valence-corrected chi connectivity index (χ1v) is 7.56. The van der Waals surface area contributed by atoms with Gasteiger partial charge in [-0.2, -0.15) is 0 Å². The van der Waals surface area contributed by atoms with Gasteiger partial charge in [0.05, 0.1) is 12.1 Å². The summed E-state index contributed by atoms with van der Waals surface area (Å²) in [7, 11) is 0. The molecule has 5 heteroatoms. The largest absolute Gasteiger partial charge is 0.350 e. The molecule has 2 rings (SSSR count). The molecule has 1 amide bonds. The van der Waals surface area contributed by atoms with Crippen LogP contribution in [0.1, 0.15) is 42.9 Å². The predicted octanol–water partition coefficient (Wildman–Crippen LogP) is 2.88. The van der Waals surface area contributed by atoms with E-state index in [2.05, 4.69) is 29.7 Å². The fourth-order valence-corrected chi connectivity index (χ4v) is 3.22. The number of aryl methyl sites for hydroxylation is 1. The second-order valence-corrected chi connectivity index (χ2v) is 6.37. The molecule has 0 aromatic carbocycles. The van der Waals surface area contributed by atoms with E-state index in [1.54, 1.807) is 11.3 Å². The third-order valence-corrected chi connectivity index (χ3v) is 4.84. The van der Waals surface area contributed by atoms with Crippen LogP contribution in [0.15, 0.2) is 12.1 Å². The van der Waals surface area contributed by atoms with Crippen LogP contribution in [0.4, 0.5) is 0 Å². The van der Waals surface area contributed by atoms with Crippen molar-refractivity contribution in [2.45, 2.75) is 51.6 Å².